The van der Waals surface area contributed by atoms with Crippen molar-refractivity contribution in [2.75, 3.05) is 4.90 Å². The van der Waals surface area contributed by atoms with E-state index in [1.165, 1.54) is 0 Å². The molecule has 6 aromatic rings. The fourth-order valence-electron chi connectivity index (χ4n) is 6.27. The molecule has 1 amide bonds. The number of anilines is 1. The van der Waals surface area contributed by atoms with E-state index in [1.54, 1.807) is 0 Å². The van der Waals surface area contributed by atoms with Gasteiger partial charge in [0, 0.05) is 46.0 Å². The first kappa shape index (κ1) is 26.3. The molecule has 1 atom stereocenters. The lowest BCUT2D eigenvalue weighted by Gasteiger charge is -2.20. The molecule has 1 unspecified atom stereocenters. The second-order valence-electron chi connectivity index (χ2n) is 11.0. The number of para-hydroxylation sites is 2. The van der Waals surface area contributed by atoms with Gasteiger partial charge in [0.15, 0.2) is 0 Å². The molecule has 0 saturated heterocycles. The number of hydrogen-bond donors (Lipinski definition) is 0. The molecule has 2 heterocycles. The van der Waals surface area contributed by atoms with Crippen molar-refractivity contribution in [3.8, 4) is 0 Å². The van der Waals surface area contributed by atoms with Crippen LogP contribution in [0.1, 0.15) is 28.3 Å². The van der Waals surface area contributed by atoms with Crippen molar-refractivity contribution in [3.05, 3.63) is 168 Å². The zero-order valence-corrected chi connectivity index (χ0v) is 24.1. The number of nitrogens with zero attached hydrogens (tertiary/aromatic N) is 2. The molecule has 0 spiro atoms. The van der Waals surface area contributed by atoms with Crippen LogP contribution in [-0.4, -0.2) is 10.5 Å². The van der Waals surface area contributed by atoms with E-state index in [1.807, 2.05) is 108 Å². The van der Waals surface area contributed by atoms with Crippen molar-refractivity contribution >= 4 is 34.9 Å². The Bertz CT molecular complexity index is 1870. The number of carbonyl (C=O) groups is 1. The maximum atomic E-state index is 15.3. The number of rotatable bonds is 8. The molecular weight excluding hydrogens is 535 g/mol. The summed E-state index contributed by atoms with van der Waals surface area (Å²) in [4.78, 5) is 16.2. The molecule has 5 heteroatoms. The van der Waals surface area contributed by atoms with Crippen LogP contribution in [0.2, 0.25) is 0 Å². The van der Waals surface area contributed by atoms with Crippen LogP contribution in [0.25, 0.3) is 10.9 Å². The molecule has 0 fully saturated rings. The highest BCUT2D eigenvalue weighted by atomic mass is 31.2. The molecule has 1 aliphatic heterocycles. The summed E-state index contributed by atoms with van der Waals surface area (Å²) < 4.78 is 17.4. The van der Waals surface area contributed by atoms with Crippen LogP contribution in [0.3, 0.4) is 0 Å². The summed E-state index contributed by atoms with van der Waals surface area (Å²) in [6.45, 7) is 0.500. The Morgan fingerprint density at radius 3 is 1.76 bits per heavy atom. The predicted octanol–water partition coefficient (Wildman–Crippen LogP) is 8.17. The van der Waals surface area contributed by atoms with Gasteiger partial charge in [-0.2, -0.15) is 0 Å². The molecule has 1 aromatic heterocycles. The quantitative estimate of drug-likeness (QED) is 0.174. The van der Waals surface area contributed by atoms with Gasteiger partial charge < -0.3 is 14.0 Å². The van der Waals surface area contributed by atoms with Crippen molar-refractivity contribution < 1.29 is 9.36 Å². The Balaban J connectivity index is 1.37. The van der Waals surface area contributed by atoms with Gasteiger partial charge in [0.05, 0.1) is 6.54 Å². The average molecular weight is 567 g/mol. The first-order valence-corrected chi connectivity index (χ1v) is 16.4. The minimum Gasteiger partial charge on any atom is -0.330 e. The van der Waals surface area contributed by atoms with Crippen LogP contribution in [0, 0.1) is 0 Å². The second-order valence-corrected chi connectivity index (χ2v) is 13.9. The number of aromatic nitrogens is 1. The third kappa shape index (κ3) is 4.78. The molecule has 0 aliphatic carbocycles. The van der Waals surface area contributed by atoms with E-state index in [-0.39, 0.29) is 5.91 Å². The number of fused-ring (bicyclic) bond motifs is 2. The predicted molar refractivity (Wildman–Crippen MR) is 172 cm³/mol. The van der Waals surface area contributed by atoms with E-state index < -0.39 is 13.2 Å². The molecule has 42 heavy (non-hydrogen) atoms. The van der Waals surface area contributed by atoms with Gasteiger partial charge >= 0.3 is 0 Å². The molecule has 1 aliphatic rings. The monoisotopic (exact) mass is 566 g/mol. The summed E-state index contributed by atoms with van der Waals surface area (Å²) >= 11 is 0. The summed E-state index contributed by atoms with van der Waals surface area (Å²) in [5, 5.41) is 1.78. The second kappa shape index (κ2) is 11.0. The molecule has 0 radical (unpaired) electrons. The standard InChI is InChI=1S/C37H31N2O2P/c40-37-36(32-21-11-13-23-34(32)39(37)24-28-14-4-1-5-15-28)38-25-35(31-20-10-12-22-33(31)38)42(41,26-29-16-6-2-7-17-29)27-30-18-8-3-9-19-30/h1-23,25,36H,24,26-27H2. The Kier molecular flexibility index (Phi) is 6.85. The summed E-state index contributed by atoms with van der Waals surface area (Å²) in [6.07, 6.45) is 2.92. The third-order valence-electron chi connectivity index (χ3n) is 8.20. The average Bonchev–Trinajstić information content (AvgIpc) is 3.54. The summed E-state index contributed by atoms with van der Waals surface area (Å²) in [5.41, 5.74) is 5.98. The Hall–Kier alpha value is -4.66. The fraction of sp³-hybridized carbons (Fsp3) is 0.108. The fourth-order valence-corrected chi connectivity index (χ4v) is 9.29. The SMILES string of the molecule is O=C1C(n2cc(P(=O)(Cc3ccccc3)Cc3ccccc3)c3ccccc32)c2ccccc2N1Cc1ccccc1. The lowest BCUT2D eigenvalue weighted by molar-refractivity contribution is -0.119. The van der Waals surface area contributed by atoms with Crippen LogP contribution in [0.15, 0.2) is 146 Å². The number of amides is 1. The summed E-state index contributed by atoms with van der Waals surface area (Å²) in [5.74, 6) is 0.0216. The van der Waals surface area contributed by atoms with E-state index in [2.05, 4.69) is 47.0 Å². The van der Waals surface area contributed by atoms with E-state index >= 15 is 4.57 Å². The first-order chi connectivity index (χ1) is 20.6. The smallest absolute Gasteiger partial charge is 0.255 e. The van der Waals surface area contributed by atoms with E-state index in [0.717, 1.165) is 44.1 Å². The normalized spacial score (nSPS) is 14.8. The van der Waals surface area contributed by atoms with Crippen molar-refractivity contribution in [1.29, 1.82) is 0 Å². The largest absolute Gasteiger partial charge is 0.330 e. The van der Waals surface area contributed by atoms with Gasteiger partial charge in [-0.3, -0.25) is 4.79 Å². The van der Waals surface area contributed by atoms with E-state index in [4.69, 9.17) is 0 Å². The molecule has 5 aromatic carbocycles. The van der Waals surface area contributed by atoms with Crippen molar-refractivity contribution in [1.82, 2.24) is 4.57 Å². The lowest BCUT2D eigenvalue weighted by atomic mass is 10.1. The van der Waals surface area contributed by atoms with Gasteiger partial charge in [-0.25, -0.2) is 0 Å². The Morgan fingerprint density at radius 2 is 1.12 bits per heavy atom. The Labute approximate surface area is 246 Å². The van der Waals surface area contributed by atoms with Crippen LogP contribution in [0.4, 0.5) is 5.69 Å². The third-order valence-corrected chi connectivity index (χ3v) is 11.2. The van der Waals surface area contributed by atoms with Crippen LogP contribution >= 0.6 is 7.14 Å². The lowest BCUT2D eigenvalue weighted by Crippen LogP contribution is -2.30. The van der Waals surface area contributed by atoms with Crippen molar-refractivity contribution in [3.63, 3.8) is 0 Å². The van der Waals surface area contributed by atoms with Crippen molar-refractivity contribution in [2.45, 2.75) is 24.9 Å². The zero-order valence-electron chi connectivity index (χ0n) is 23.2. The molecular formula is C37H31N2O2P. The maximum Gasteiger partial charge on any atom is 0.255 e. The zero-order chi connectivity index (χ0) is 28.5. The summed E-state index contributed by atoms with van der Waals surface area (Å²) in [7, 11) is -3.00. The van der Waals surface area contributed by atoms with Gasteiger partial charge in [-0.1, -0.05) is 127 Å². The highest BCUT2D eigenvalue weighted by Gasteiger charge is 2.40. The molecule has 0 saturated carbocycles. The molecule has 0 N–H and O–H groups in total. The molecule has 0 bridgehead atoms. The minimum absolute atomic E-state index is 0.0216. The maximum absolute atomic E-state index is 15.3. The highest BCUT2D eigenvalue weighted by molar-refractivity contribution is 7.70. The molecule has 4 nitrogen and oxygen atoms in total. The van der Waals surface area contributed by atoms with Gasteiger partial charge in [0.1, 0.15) is 13.2 Å². The van der Waals surface area contributed by atoms with Gasteiger partial charge in [-0.05, 0) is 28.8 Å². The van der Waals surface area contributed by atoms with Crippen LogP contribution < -0.4 is 10.2 Å². The summed E-state index contributed by atoms with van der Waals surface area (Å²) in [6, 6.07) is 45.9. The van der Waals surface area contributed by atoms with Crippen molar-refractivity contribution in [2.24, 2.45) is 0 Å². The van der Waals surface area contributed by atoms with Gasteiger partial charge in [-0.15, -0.1) is 0 Å². The topological polar surface area (TPSA) is 42.3 Å². The highest BCUT2D eigenvalue weighted by Crippen LogP contribution is 2.53. The van der Waals surface area contributed by atoms with E-state index in [9.17, 15) is 4.79 Å². The van der Waals surface area contributed by atoms with E-state index in [0.29, 0.717) is 18.9 Å². The number of carbonyl (C=O) groups excluding carboxylic acids is 1. The Morgan fingerprint density at radius 1 is 0.595 bits per heavy atom. The van der Waals surface area contributed by atoms with Crippen LogP contribution in [0.5, 0.6) is 0 Å². The molecule has 206 valence electrons. The molecule has 7 rings (SSSR count). The van der Waals surface area contributed by atoms with Gasteiger partial charge in [0.2, 0.25) is 0 Å². The van der Waals surface area contributed by atoms with Gasteiger partial charge in [0.25, 0.3) is 5.91 Å². The number of benzene rings is 5. The minimum atomic E-state index is -3.00. The van der Waals surface area contributed by atoms with Crippen LogP contribution in [-0.2, 0) is 28.2 Å². The number of hydrogen-bond acceptors (Lipinski definition) is 2. The first-order valence-electron chi connectivity index (χ1n) is 14.3.